The van der Waals surface area contributed by atoms with Gasteiger partial charge in [0.05, 0.1) is 0 Å². The van der Waals surface area contributed by atoms with E-state index in [4.69, 9.17) is 5.26 Å². The van der Waals surface area contributed by atoms with Crippen LogP contribution >= 0.6 is 0 Å². The van der Waals surface area contributed by atoms with E-state index in [1.807, 2.05) is 19.2 Å². The highest BCUT2D eigenvalue weighted by molar-refractivity contribution is 5.77. The second-order valence-corrected chi connectivity index (χ2v) is 6.28. The number of nitrogens with zero attached hydrogens (tertiary/aromatic N) is 4. The van der Waals surface area contributed by atoms with Crippen molar-refractivity contribution < 1.29 is 4.79 Å². The topological polar surface area (TPSA) is 72.3 Å². The van der Waals surface area contributed by atoms with Crippen LogP contribution in [0.3, 0.4) is 0 Å². The summed E-state index contributed by atoms with van der Waals surface area (Å²) in [5.41, 5.74) is 0.457. The average Bonchev–Trinajstić information content (AvgIpc) is 2.60. The van der Waals surface area contributed by atoms with Crippen LogP contribution < -0.4 is 10.2 Å². The monoisotopic (exact) mass is 313 g/mol. The van der Waals surface area contributed by atoms with Gasteiger partial charge in [-0.1, -0.05) is 6.07 Å². The predicted octanol–water partition coefficient (Wildman–Crippen LogP) is 0.990. The largest absolute Gasteiger partial charge is 0.356 e. The third-order valence-electron chi connectivity index (χ3n) is 4.92. The summed E-state index contributed by atoms with van der Waals surface area (Å²) in [4.78, 5) is 21.0. The fourth-order valence-electron chi connectivity index (χ4n) is 3.74. The number of piperidine rings is 2. The van der Waals surface area contributed by atoms with Gasteiger partial charge in [-0.3, -0.25) is 4.79 Å². The van der Waals surface area contributed by atoms with Crippen molar-refractivity contribution in [3.63, 3.8) is 0 Å². The quantitative estimate of drug-likeness (QED) is 0.897. The van der Waals surface area contributed by atoms with E-state index < -0.39 is 0 Å². The van der Waals surface area contributed by atoms with Gasteiger partial charge < -0.3 is 15.1 Å². The number of nitriles is 1. The van der Waals surface area contributed by atoms with Crippen LogP contribution in [0.1, 0.15) is 25.0 Å². The minimum Gasteiger partial charge on any atom is -0.356 e. The van der Waals surface area contributed by atoms with Gasteiger partial charge in [0.2, 0.25) is 5.91 Å². The molecule has 0 radical (unpaired) electrons. The first-order valence-corrected chi connectivity index (χ1v) is 8.29. The summed E-state index contributed by atoms with van der Waals surface area (Å²) >= 11 is 0. The number of carbonyl (C=O) groups is 1. The minimum absolute atomic E-state index is 0.291. The Labute approximate surface area is 137 Å². The molecule has 2 saturated heterocycles. The molecule has 0 aliphatic carbocycles. The number of likely N-dealkylation sites (tertiary alicyclic amines) is 1. The maximum absolute atomic E-state index is 12.2. The molecule has 1 aromatic heterocycles. The molecule has 1 N–H and O–H groups in total. The lowest BCUT2D eigenvalue weighted by Gasteiger charge is -2.47. The lowest BCUT2D eigenvalue weighted by atomic mass is 9.83. The van der Waals surface area contributed by atoms with E-state index in [2.05, 4.69) is 26.2 Å². The molecule has 122 valence electrons. The Morgan fingerprint density at radius 2 is 2.30 bits per heavy atom. The van der Waals surface area contributed by atoms with Crippen molar-refractivity contribution in [2.24, 2.45) is 5.92 Å². The molecule has 0 saturated carbocycles. The number of hydrogen-bond donors (Lipinski definition) is 1. The number of carbonyl (C=O) groups excluding carboxylic acids is 1. The molecule has 3 rings (SSSR count). The molecular weight excluding hydrogens is 290 g/mol. The Kier molecular flexibility index (Phi) is 4.77. The van der Waals surface area contributed by atoms with E-state index in [0.717, 1.165) is 44.8 Å². The molecule has 0 unspecified atom stereocenters. The number of amides is 1. The highest BCUT2D eigenvalue weighted by atomic mass is 16.2. The van der Waals surface area contributed by atoms with Crippen molar-refractivity contribution in [2.75, 3.05) is 38.1 Å². The number of hydrogen-bond acceptors (Lipinski definition) is 5. The number of anilines is 1. The highest BCUT2D eigenvalue weighted by Gasteiger charge is 2.39. The van der Waals surface area contributed by atoms with Gasteiger partial charge in [0.1, 0.15) is 17.6 Å². The number of rotatable bonds is 4. The van der Waals surface area contributed by atoms with Gasteiger partial charge in [0.15, 0.2) is 0 Å². The summed E-state index contributed by atoms with van der Waals surface area (Å²) in [5, 5.41) is 12.1. The summed E-state index contributed by atoms with van der Waals surface area (Å²) in [6, 6.07) is 8.03. The molecule has 1 aromatic rings. The normalized spacial score (nSPS) is 24.3. The second kappa shape index (κ2) is 6.97. The first-order valence-electron chi connectivity index (χ1n) is 8.29. The SMILES string of the molecule is CNCCN1C(=O)CC[C@H]2CN(c3cccc(C#N)n3)CC[C@H]21. The molecule has 23 heavy (non-hydrogen) atoms. The maximum atomic E-state index is 12.2. The van der Waals surface area contributed by atoms with Crippen molar-refractivity contribution in [1.82, 2.24) is 15.2 Å². The van der Waals surface area contributed by atoms with Crippen molar-refractivity contribution in [2.45, 2.75) is 25.3 Å². The van der Waals surface area contributed by atoms with Gasteiger partial charge in [-0.15, -0.1) is 0 Å². The molecule has 1 amide bonds. The Bertz CT molecular complexity index is 611. The van der Waals surface area contributed by atoms with Crippen LogP contribution in [0.15, 0.2) is 18.2 Å². The molecule has 2 atom stereocenters. The van der Waals surface area contributed by atoms with Crippen molar-refractivity contribution in [3.8, 4) is 6.07 Å². The number of nitrogens with one attached hydrogen (secondary N) is 1. The summed E-state index contributed by atoms with van der Waals surface area (Å²) in [6.07, 6.45) is 2.57. The highest BCUT2D eigenvalue weighted by Crippen LogP contribution is 2.32. The lowest BCUT2D eigenvalue weighted by molar-refractivity contribution is -0.139. The molecular formula is C17H23N5O. The predicted molar refractivity (Wildman–Crippen MR) is 87.9 cm³/mol. The van der Waals surface area contributed by atoms with Crippen LogP contribution in [0.5, 0.6) is 0 Å². The zero-order chi connectivity index (χ0) is 16.2. The zero-order valence-electron chi connectivity index (χ0n) is 13.5. The van der Waals surface area contributed by atoms with E-state index in [0.29, 0.717) is 30.0 Å². The molecule has 0 spiro atoms. The summed E-state index contributed by atoms with van der Waals surface area (Å²) in [6.45, 7) is 3.42. The molecule has 6 nitrogen and oxygen atoms in total. The summed E-state index contributed by atoms with van der Waals surface area (Å²) in [7, 11) is 1.92. The molecule has 0 bridgehead atoms. The van der Waals surface area contributed by atoms with Gasteiger partial charge in [-0.05, 0) is 37.9 Å². The number of likely N-dealkylation sites (N-methyl/N-ethyl adjacent to an activating group) is 1. The Hall–Kier alpha value is -2.13. The fourth-order valence-corrected chi connectivity index (χ4v) is 3.74. The van der Waals surface area contributed by atoms with Gasteiger partial charge >= 0.3 is 0 Å². The molecule has 6 heteroatoms. The number of pyridine rings is 1. The van der Waals surface area contributed by atoms with Crippen molar-refractivity contribution >= 4 is 11.7 Å². The first-order chi connectivity index (χ1) is 11.2. The van der Waals surface area contributed by atoms with E-state index in [1.54, 1.807) is 6.07 Å². The Balaban J connectivity index is 1.71. The van der Waals surface area contributed by atoms with E-state index in [-0.39, 0.29) is 0 Å². The fraction of sp³-hybridized carbons (Fsp3) is 0.588. The molecule has 2 aliphatic heterocycles. The van der Waals surface area contributed by atoms with Gasteiger partial charge in [0, 0.05) is 38.6 Å². The Morgan fingerprint density at radius 1 is 1.43 bits per heavy atom. The average molecular weight is 313 g/mol. The van der Waals surface area contributed by atoms with Crippen molar-refractivity contribution in [3.05, 3.63) is 23.9 Å². The van der Waals surface area contributed by atoms with Gasteiger partial charge in [-0.2, -0.15) is 5.26 Å². The standard InChI is InChI=1S/C17H23N5O/c1-19-8-10-22-15-7-9-21(12-13(15)5-6-17(22)23)16-4-2-3-14(11-18)20-16/h2-4,13,15,19H,5-10,12H2,1H3/t13-,15+/m0/s1. The molecule has 2 aliphatic rings. The third-order valence-corrected chi connectivity index (χ3v) is 4.92. The van der Waals surface area contributed by atoms with E-state index in [9.17, 15) is 4.79 Å². The number of aromatic nitrogens is 1. The number of fused-ring (bicyclic) bond motifs is 1. The molecule has 2 fully saturated rings. The van der Waals surface area contributed by atoms with Crippen LogP contribution in [0, 0.1) is 17.2 Å². The van der Waals surface area contributed by atoms with Crippen LogP contribution in [-0.4, -0.2) is 55.1 Å². The minimum atomic E-state index is 0.291. The first kappa shape index (κ1) is 15.8. The van der Waals surface area contributed by atoms with Gasteiger partial charge in [0.25, 0.3) is 0 Å². The zero-order valence-corrected chi connectivity index (χ0v) is 13.5. The van der Waals surface area contributed by atoms with Crippen LogP contribution in [-0.2, 0) is 4.79 Å². The summed E-state index contributed by atoms with van der Waals surface area (Å²) in [5.74, 6) is 1.66. The smallest absolute Gasteiger partial charge is 0.222 e. The Morgan fingerprint density at radius 3 is 3.09 bits per heavy atom. The van der Waals surface area contributed by atoms with E-state index in [1.165, 1.54) is 0 Å². The molecule has 0 aromatic carbocycles. The van der Waals surface area contributed by atoms with Gasteiger partial charge in [-0.25, -0.2) is 4.98 Å². The maximum Gasteiger partial charge on any atom is 0.222 e. The van der Waals surface area contributed by atoms with Crippen LogP contribution in [0.2, 0.25) is 0 Å². The van der Waals surface area contributed by atoms with Crippen molar-refractivity contribution in [1.29, 1.82) is 5.26 Å². The summed E-state index contributed by atoms with van der Waals surface area (Å²) < 4.78 is 0. The van der Waals surface area contributed by atoms with Crippen LogP contribution in [0.4, 0.5) is 5.82 Å². The lowest BCUT2D eigenvalue weighted by Crippen LogP contribution is -2.57. The second-order valence-electron chi connectivity index (χ2n) is 6.28. The molecule has 3 heterocycles. The third kappa shape index (κ3) is 3.30. The van der Waals surface area contributed by atoms with E-state index >= 15 is 0 Å². The van der Waals surface area contributed by atoms with Crippen LogP contribution in [0.25, 0.3) is 0 Å².